The highest BCUT2D eigenvalue weighted by Crippen LogP contribution is 2.32. The smallest absolute Gasteiger partial charge is 0.0461 e. The first-order chi connectivity index (χ1) is 9.28. The van der Waals surface area contributed by atoms with Crippen LogP contribution in [0.4, 0.5) is 0 Å². The molecule has 3 N–H and O–H groups in total. The van der Waals surface area contributed by atoms with Gasteiger partial charge in [0.25, 0.3) is 0 Å². The van der Waals surface area contributed by atoms with Gasteiger partial charge in [-0.3, -0.25) is 0 Å². The molecule has 3 atom stereocenters. The van der Waals surface area contributed by atoms with Gasteiger partial charge in [-0.25, -0.2) is 0 Å². The van der Waals surface area contributed by atoms with Crippen molar-refractivity contribution < 1.29 is 0 Å². The van der Waals surface area contributed by atoms with E-state index in [4.69, 9.17) is 5.73 Å². The van der Waals surface area contributed by atoms with Gasteiger partial charge in [-0.05, 0) is 47.6 Å². The van der Waals surface area contributed by atoms with Crippen LogP contribution in [0, 0.1) is 5.92 Å². The third-order valence-electron chi connectivity index (χ3n) is 4.25. The van der Waals surface area contributed by atoms with E-state index in [-0.39, 0.29) is 0 Å². The Hall–Kier alpha value is -0.900. The van der Waals surface area contributed by atoms with Crippen LogP contribution in [0.5, 0.6) is 0 Å². The second-order valence-corrected chi connectivity index (χ2v) is 6.67. The molecule has 1 aliphatic carbocycles. The van der Waals surface area contributed by atoms with E-state index in [1.165, 1.54) is 34.9 Å². The Morgan fingerprint density at radius 3 is 2.95 bits per heavy atom. The third-order valence-corrected chi connectivity index (χ3v) is 5.24. The van der Waals surface area contributed by atoms with Crippen LogP contribution in [0.2, 0.25) is 0 Å². The summed E-state index contributed by atoms with van der Waals surface area (Å²) in [5.74, 6) is 0.857. The fraction of sp³-hybridized carbons (Fsp3) is 0.500. The zero-order valence-corrected chi connectivity index (χ0v) is 12.2. The molecular weight excluding hydrogens is 252 g/mol. The van der Waals surface area contributed by atoms with E-state index in [0.29, 0.717) is 18.6 Å². The normalized spacial score (nSPS) is 24.9. The summed E-state index contributed by atoms with van der Waals surface area (Å²) in [6.07, 6.45) is 3.93. The first-order valence-electron chi connectivity index (χ1n) is 7.20. The molecule has 0 spiro atoms. The SMILES string of the molecule is CC1CCC(NC(CN)c2csc3ccccc23)C1. The summed E-state index contributed by atoms with van der Waals surface area (Å²) >= 11 is 1.82. The zero-order chi connectivity index (χ0) is 13.2. The minimum Gasteiger partial charge on any atom is -0.329 e. The van der Waals surface area contributed by atoms with Crippen LogP contribution in [0.3, 0.4) is 0 Å². The van der Waals surface area contributed by atoms with Crippen molar-refractivity contribution in [2.24, 2.45) is 11.7 Å². The summed E-state index contributed by atoms with van der Waals surface area (Å²) in [4.78, 5) is 0. The Labute approximate surface area is 119 Å². The number of nitrogens with one attached hydrogen (secondary N) is 1. The molecule has 1 aromatic carbocycles. The van der Waals surface area contributed by atoms with Crippen LogP contribution in [-0.4, -0.2) is 12.6 Å². The highest BCUT2D eigenvalue weighted by Gasteiger charge is 2.24. The molecule has 1 aromatic heterocycles. The van der Waals surface area contributed by atoms with Crippen LogP contribution in [0.15, 0.2) is 29.6 Å². The van der Waals surface area contributed by atoms with Crippen molar-refractivity contribution in [3.63, 3.8) is 0 Å². The van der Waals surface area contributed by atoms with Crippen LogP contribution < -0.4 is 11.1 Å². The van der Waals surface area contributed by atoms with Gasteiger partial charge in [0.05, 0.1) is 0 Å². The van der Waals surface area contributed by atoms with Crippen molar-refractivity contribution in [1.82, 2.24) is 5.32 Å². The predicted molar refractivity (Wildman–Crippen MR) is 83.6 cm³/mol. The van der Waals surface area contributed by atoms with Crippen LogP contribution >= 0.6 is 11.3 Å². The van der Waals surface area contributed by atoms with Gasteiger partial charge in [0, 0.05) is 23.3 Å². The maximum Gasteiger partial charge on any atom is 0.0461 e. The molecule has 3 heteroatoms. The van der Waals surface area contributed by atoms with Crippen molar-refractivity contribution in [3.05, 3.63) is 35.2 Å². The highest BCUT2D eigenvalue weighted by molar-refractivity contribution is 7.17. The molecule has 2 nitrogen and oxygen atoms in total. The second-order valence-electron chi connectivity index (χ2n) is 5.76. The molecule has 3 unspecified atom stereocenters. The fourth-order valence-electron chi connectivity index (χ4n) is 3.20. The Morgan fingerprint density at radius 2 is 2.21 bits per heavy atom. The number of hydrogen-bond acceptors (Lipinski definition) is 3. The Balaban J connectivity index is 1.81. The van der Waals surface area contributed by atoms with E-state index in [0.717, 1.165) is 5.92 Å². The number of nitrogens with two attached hydrogens (primary N) is 1. The molecule has 1 aliphatic rings. The fourth-order valence-corrected chi connectivity index (χ4v) is 4.21. The molecule has 102 valence electrons. The molecule has 1 saturated carbocycles. The van der Waals surface area contributed by atoms with Crippen LogP contribution in [0.25, 0.3) is 10.1 Å². The van der Waals surface area contributed by atoms with Crippen molar-refractivity contribution >= 4 is 21.4 Å². The molecule has 2 aromatic rings. The summed E-state index contributed by atoms with van der Waals surface area (Å²) < 4.78 is 1.36. The van der Waals surface area contributed by atoms with E-state index >= 15 is 0 Å². The Bertz CT molecular complexity index is 548. The van der Waals surface area contributed by atoms with Gasteiger partial charge in [-0.1, -0.05) is 25.1 Å². The van der Waals surface area contributed by atoms with E-state index in [9.17, 15) is 0 Å². The highest BCUT2D eigenvalue weighted by atomic mass is 32.1. The first kappa shape index (κ1) is 13.1. The Kier molecular flexibility index (Phi) is 3.87. The van der Waals surface area contributed by atoms with E-state index in [1.54, 1.807) is 0 Å². The van der Waals surface area contributed by atoms with E-state index in [2.05, 4.69) is 41.9 Å². The van der Waals surface area contributed by atoms with Gasteiger partial charge in [0.15, 0.2) is 0 Å². The summed E-state index contributed by atoms with van der Waals surface area (Å²) in [7, 11) is 0. The molecule has 19 heavy (non-hydrogen) atoms. The van der Waals surface area contributed by atoms with E-state index in [1.807, 2.05) is 11.3 Å². The van der Waals surface area contributed by atoms with Gasteiger partial charge in [-0.15, -0.1) is 11.3 Å². The minimum absolute atomic E-state index is 0.298. The minimum atomic E-state index is 0.298. The Morgan fingerprint density at radius 1 is 1.37 bits per heavy atom. The lowest BCUT2D eigenvalue weighted by molar-refractivity contribution is 0.436. The van der Waals surface area contributed by atoms with Gasteiger partial charge >= 0.3 is 0 Å². The standard InChI is InChI=1S/C16H22N2S/c1-11-6-7-12(8-11)18-15(9-17)14-10-19-16-5-3-2-4-13(14)16/h2-5,10-12,15,18H,6-9,17H2,1H3. The van der Waals surface area contributed by atoms with Crippen molar-refractivity contribution in [2.45, 2.75) is 38.3 Å². The van der Waals surface area contributed by atoms with Crippen molar-refractivity contribution in [3.8, 4) is 0 Å². The number of benzene rings is 1. The molecule has 1 heterocycles. The average molecular weight is 274 g/mol. The number of fused-ring (bicyclic) bond motifs is 1. The molecule has 0 amide bonds. The number of rotatable bonds is 4. The van der Waals surface area contributed by atoms with Crippen LogP contribution in [-0.2, 0) is 0 Å². The second kappa shape index (κ2) is 5.61. The van der Waals surface area contributed by atoms with Gasteiger partial charge < -0.3 is 11.1 Å². The van der Waals surface area contributed by atoms with Crippen molar-refractivity contribution in [2.75, 3.05) is 6.54 Å². The number of hydrogen-bond donors (Lipinski definition) is 2. The zero-order valence-electron chi connectivity index (χ0n) is 11.4. The van der Waals surface area contributed by atoms with Gasteiger partial charge in [0.1, 0.15) is 0 Å². The van der Waals surface area contributed by atoms with Crippen molar-refractivity contribution in [1.29, 1.82) is 0 Å². The summed E-state index contributed by atoms with van der Waals surface area (Å²) in [5.41, 5.74) is 7.39. The molecule has 0 saturated heterocycles. The van der Waals surface area contributed by atoms with Gasteiger partial charge in [0.2, 0.25) is 0 Å². The maximum atomic E-state index is 6.01. The molecule has 3 rings (SSSR count). The molecule has 1 fully saturated rings. The topological polar surface area (TPSA) is 38.0 Å². The molecule has 0 aliphatic heterocycles. The molecule has 0 bridgehead atoms. The van der Waals surface area contributed by atoms with E-state index < -0.39 is 0 Å². The maximum absolute atomic E-state index is 6.01. The predicted octanol–water partition coefficient (Wildman–Crippen LogP) is 3.68. The summed E-state index contributed by atoms with van der Waals surface area (Å²) in [5, 5.41) is 7.41. The lowest BCUT2D eigenvalue weighted by atomic mass is 10.0. The largest absolute Gasteiger partial charge is 0.329 e. The quantitative estimate of drug-likeness (QED) is 0.892. The number of thiophene rings is 1. The average Bonchev–Trinajstić information content (AvgIpc) is 3.02. The monoisotopic (exact) mass is 274 g/mol. The lowest BCUT2D eigenvalue weighted by Crippen LogP contribution is -2.35. The first-order valence-corrected chi connectivity index (χ1v) is 8.08. The third kappa shape index (κ3) is 2.69. The van der Waals surface area contributed by atoms with Crippen LogP contribution in [0.1, 0.15) is 37.8 Å². The molecular formula is C16H22N2S. The summed E-state index contributed by atoms with van der Waals surface area (Å²) in [6.45, 7) is 3.02. The molecule has 0 radical (unpaired) electrons. The van der Waals surface area contributed by atoms with Gasteiger partial charge in [-0.2, -0.15) is 0 Å². The lowest BCUT2D eigenvalue weighted by Gasteiger charge is -2.21. The summed E-state index contributed by atoms with van der Waals surface area (Å²) in [6, 6.07) is 9.56.